The van der Waals surface area contributed by atoms with E-state index in [0.717, 1.165) is 0 Å². The Morgan fingerprint density at radius 3 is 2.77 bits per heavy atom. The molecule has 3 aromatic heterocycles. The van der Waals surface area contributed by atoms with E-state index in [4.69, 9.17) is 16.6 Å². The molecule has 0 atom stereocenters. The van der Waals surface area contributed by atoms with Gasteiger partial charge in [-0.05, 0) is 52.1 Å². The van der Waals surface area contributed by atoms with Crippen molar-refractivity contribution in [1.82, 2.24) is 24.9 Å². The number of aromatic nitrogens is 4. The van der Waals surface area contributed by atoms with Crippen LogP contribution in [-0.4, -0.2) is 35.5 Å². The van der Waals surface area contributed by atoms with Crippen molar-refractivity contribution in [3.63, 3.8) is 0 Å². The van der Waals surface area contributed by atoms with Gasteiger partial charge in [0, 0.05) is 19.3 Å². The minimum atomic E-state index is -0.575. The first-order valence-corrected chi connectivity index (χ1v) is 9.76. The van der Waals surface area contributed by atoms with Gasteiger partial charge in [-0.15, -0.1) is 0 Å². The monoisotopic (exact) mass is 491 g/mol. The summed E-state index contributed by atoms with van der Waals surface area (Å²) in [5, 5.41) is 22.2. The molecule has 1 amide bonds. The van der Waals surface area contributed by atoms with E-state index in [0.29, 0.717) is 22.9 Å². The molecule has 1 saturated heterocycles. The second-order valence-corrected chi connectivity index (χ2v) is 7.70. The summed E-state index contributed by atoms with van der Waals surface area (Å²) in [5.41, 5.74) is 1.55. The lowest BCUT2D eigenvalue weighted by Crippen LogP contribution is -2.30. The molecule has 1 fully saturated rings. The first-order chi connectivity index (χ1) is 14.2. The van der Waals surface area contributed by atoms with Gasteiger partial charge in [0.05, 0.1) is 22.7 Å². The predicted molar refractivity (Wildman–Crippen MR) is 114 cm³/mol. The molecule has 4 heterocycles. The Kier molecular flexibility index (Phi) is 4.99. The van der Waals surface area contributed by atoms with Crippen molar-refractivity contribution in [2.24, 2.45) is 7.05 Å². The van der Waals surface area contributed by atoms with Crippen molar-refractivity contribution in [3.8, 4) is 0 Å². The van der Waals surface area contributed by atoms with Gasteiger partial charge >= 0.3 is 5.82 Å². The third-order valence-corrected chi connectivity index (χ3v) is 5.11. The van der Waals surface area contributed by atoms with E-state index in [-0.39, 0.29) is 33.6 Å². The van der Waals surface area contributed by atoms with E-state index < -0.39 is 4.92 Å². The Balaban J connectivity index is 1.53. The quantitative estimate of drug-likeness (QED) is 0.249. The standard InChI is InChI=1S/C17H14BrN7O4S/c1-9-14(8-22(2)20-9)24-16(26)13(19-17(24)30)5-10-3-4-11(29-10)6-23-7-12(18)15(21-23)25(27)28/h3-5,7-8H,6H2,1-2H3,(H,19,30)/b13-5+. The van der Waals surface area contributed by atoms with Crippen LogP contribution in [0.3, 0.4) is 0 Å². The zero-order valence-corrected chi connectivity index (χ0v) is 18.1. The molecule has 13 heteroatoms. The van der Waals surface area contributed by atoms with Crippen LogP contribution in [0.25, 0.3) is 6.08 Å². The molecular weight excluding hydrogens is 478 g/mol. The highest BCUT2D eigenvalue weighted by Crippen LogP contribution is 2.26. The van der Waals surface area contributed by atoms with E-state index in [2.05, 4.69) is 31.4 Å². The van der Waals surface area contributed by atoms with Gasteiger partial charge in [0.15, 0.2) is 5.11 Å². The summed E-state index contributed by atoms with van der Waals surface area (Å²) < 4.78 is 9.00. The SMILES string of the molecule is Cc1nn(C)cc1N1C(=O)/C(=C\c2ccc(Cn3cc(Br)c([N+](=O)[O-])n3)o2)NC1=S. The minimum Gasteiger partial charge on any atom is -0.460 e. The number of nitrogens with one attached hydrogen (secondary N) is 1. The number of halogens is 1. The Morgan fingerprint density at radius 1 is 1.37 bits per heavy atom. The summed E-state index contributed by atoms with van der Waals surface area (Å²) in [6.07, 6.45) is 4.76. The molecule has 0 bridgehead atoms. The number of nitro groups is 1. The van der Waals surface area contributed by atoms with Gasteiger partial charge in [-0.25, -0.2) is 4.90 Å². The second kappa shape index (κ2) is 7.50. The normalized spacial score (nSPS) is 15.3. The Bertz CT molecular complexity index is 1220. The van der Waals surface area contributed by atoms with Gasteiger partial charge in [0.1, 0.15) is 28.2 Å². The summed E-state index contributed by atoms with van der Waals surface area (Å²) in [6, 6.07) is 3.39. The number of anilines is 1. The van der Waals surface area contributed by atoms with Crippen LogP contribution in [0.5, 0.6) is 0 Å². The lowest BCUT2D eigenvalue weighted by Gasteiger charge is -2.11. The van der Waals surface area contributed by atoms with Crippen molar-refractivity contribution in [2.75, 3.05) is 4.90 Å². The molecule has 0 unspecified atom stereocenters. The summed E-state index contributed by atoms with van der Waals surface area (Å²) in [4.78, 5) is 24.5. The minimum absolute atomic E-state index is 0.191. The van der Waals surface area contributed by atoms with E-state index in [1.165, 1.54) is 15.8 Å². The summed E-state index contributed by atoms with van der Waals surface area (Å²) in [5.74, 6) is 0.346. The zero-order chi connectivity index (χ0) is 21.6. The molecule has 0 aromatic carbocycles. The molecule has 0 radical (unpaired) electrons. The average Bonchev–Trinajstić information content (AvgIpc) is 3.39. The Hall–Kier alpha value is -3.32. The van der Waals surface area contributed by atoms with Crippen LogP contribution in [0.2, 0.25) is 0 Å². The molecule has 154 valence electrons. The maximum atomic E-state index is 12.8. The number of carbonyl (C=O) groups excluding carboxylic acids is 1. The number of thiocarbonyl (C=S) groups is 1. The topological polar surface area (TPSA) is 124 Å². The van der Waals surface area contributed by atoms with Gasteiger partial charge in [0.2, 0.25) is 0 Å². The number of nitrogens with zero attached hydrogens (tertiary/aromatic N) is 6. The molecule has 3 aromatic rings. The lowest BCUT2D eigenvalue weighted by molar-refractivity contribution is -0.390. The zero-order valence-electron chi connectivity index (χ0n) is 15.7. The van der Waals surface area contributed by atoms with Crippen LogP contribution in [0, 0.1) is 17.0 Å². The second-order valence-electron chi connectivity index (χ2n) is 6.46. The summed E-state index contributed by atoms with van der Waals surface area (Å²) in [7, 11) is 1.77. The molecule has 0 spiro atoms. The molecule has 1 N–H and O–H groups in total. The van der Waals surface area contributed by atoms with Crippen molar-refractivity contribution in [1.29, 1.82) is 0 Å². The van der Waals surface area contributed by atoms with E-state index in [9.17, 15) is 14.9 Å². The van der Waals surface area contributed by atoms with Gasteiger partial charge in [-0.3, -0.25) is 9.48 Å². The maximum absolute atomic E-state index is 12.8. The van der Waals surface area contributed by atoms with Crippen LogP contribution < -0.4 is 10.2 Å². The highest BCUT2D eigenvalue weighted by atomic mass is 79.9. The number of hydrogen-bond donors (Lipinski definition) is 1. The van der Waals surface area contributed by atoms with Crippen LogP contribution in [0.4, 0.5) is 11.5 Å². The third-order valence-electron chi connectivity index (χ3n) is 4.27. The molecule has 0 saturated carbocycles. The third kappa shape index (κ3) is 3.64. The van der Waals surface area contributed by atoms with E-state index >= 15 is 0 Å². The largest absolute Gasteiger partial charge is 0.460 e. The number of hydrogen-bond acceptors (Lipinski definition) is 7. The van der Waals surface area contributed by atoms with Crippen molar-refractivity contribution < 1.29 is 14.1 Å². The van der Waals surface area contributed by atoms with Crippen molar-refractivity contribution >= 4 is 56.7 Å². The van der Waals surface area contributed by atoms with Crippen LogP contribution in [0.15, 0.2) is 39.1 Å². The molecule has 1 aliphatic rings. The summed E-state index contributed by atoms with van der Waals surface area (Å²) in [6.45, 7) is 1.99. The highest BCUT2D eigenvalue weighted by molar-refractivity contribution is 9.10. The van der Waals surface area contributed by atoms with E-state index in [1.807, 2.05) is 0 Å². The number of rotatable bonds is 5. The number of furan rings is 1. The summed E-state index contributed by atoms with van der Waals surface area (Å²) >= 11 is 8.41. The fourth-order valence-electron chi connectivity index (χ4n) is 3.01. The molecule has 0 aliphatic carbocycles. The molecule has 11 nitrogen and oxygen atoms in total. The number of amides is 1. The molecule has 30 heavy (non-hydrogen) atoms. The Labute approximate surface area is 183 Å². The van der Waals surface area contributed by atoms with Gasteiger partial charge in [-0.2, -0.15) is 9.78 Å². The van der Waals surface area contributed by atoms with Gasteiger partial charge in [-0.1, -0.05) is 0 Å². The predicted octanol–water partition coefficient (Wildman–Crippen LogP) is 2.50. The first kappa shape index (κ1) is 20.0. The van der Waals surface area contributed by atoms with Crippen LogP contribution >= 0.6 is 28.1 Å². The van der Waals surface area contributed by atoms with Crippen molar-refractivity contribution in [2.45, 2.75) is 13.5 Å². The average molecular weight is 492 g/mol. The maximum Gasteiger partial charge on any atom is 0.404 e. The van der Waals surface area contributed by atoms with Crippen LogP contribution in [-0.2, 0) is 18.4 Å². The van der Waals surface area contributed by atoms with Crippen molar-refractivity contribution in [3.05, 3.63) is 62.0 Å². The van der Waals surface area contributed by atoms with Crippen LogP contribution in [0.1, 0.15) is 17.2 Å². The van der Waals surface area contributed by atoms with Gasteiger partial charge in [0.25, 0.3) is 5.91 Å². The fourth-order valence-corrected chi connectivity index (χ4v) is 3.76. The smallest absolute Gasteiger partial charge is 0.404 e. The molecule has 4 rings (SSSR count). The highest BCUT2D eigenvalue weighted by Gasteiger charge is 2.34. The Morgan fingerprint density at radius 2 is 2.13 bits per heavy atom. The lowest BCUT2D eigenvalue weighted by atomic mass is 10.3. The van der Waals surface area contributed by atoms with Gasteiger partial charge < -0.3 is 19.8 Å². The number of aryl methyl sites for hydroxylation is 2. The first-order valence-electron chi connectivity index (χ1n) is 8.56. The number of carbonyl (C=O) groups is 1. The fraction of sp³-hybridized carbons (Fsp3) is 0.176. The van der Waals surface area contributed by atoms with E-state index in [1.54, 1.807) is 43.1 Å². The molecule has 1 aliphatic heterocycles. The molecular formula is C17H14BrN7O4S.